The summed E-state index contributed by atoms with van der Waals surface area (Å²) in [6.45, 7) is 12.4. The molecule has 0 aromatic heterocycles. The van der Waals surface area contributed by atoms with E-state index >= 15 is 0 Å². The molecule has 1 saturated heterocycles. The summed E-state index contributed by atoms with van der Waals surface area (Å²) in [5, 5.41) is 38.0. The van der Waals surface area contributed by atoms with Crippen LogP contribution in [0, 0.1) is 0 Å². The van der Waals surface area contributed by atoms with Gasteiger partial charge in [-0.25, -0.2) is 0 Å². The smallest absolute Gasteiger partial charge is 0.320 e. The van der Waals surface area contributed by atoms with E-state index < -0.39 is 12.0 Å². The third kappa shape index (κ3) is 3.81. The van der Waals surface area contributed by atoms with Crippen LogP contribution in [0.2, 0.25) is 0 Å². The second-order valence-electron chi connectivity index (χ2n) is 11.3. The highest BCUT2D eigenvalue weighted by Gasteiger charge is 2.46. The number of benzene rings is 2. The first-order chi connectivity index (χ1) is 14.8. The summed E-state index contributed by atoms with van der Waals surface area (Å²) in [6.07, 6.45) is 0.441. The third-order valence-electron chi connectivity index (χ3n) is 6.83. The summed E-state index contributed by atoms with van der Waals surface area (Å²) < 4.78 is 0. The number of carbonyl (C=O) groups is 1. The number of aliphatic carboxylic acids is 1. The second kappa shape index (κ2) is 7.41. The SMILES string of the molecule is CC(C)(C)c1cc([C@@H]2N[C@H](C(=O)O)C[C@H]3c4cc(O)ccc4N[C@@H]32)cc(C(C)(C)C)c1O. The van der Waals surface area contributed by atoms with E-state index in [9.17, 15) is 20.1 Å². The van der Waals surface area contributed by atoms with Gasteiger partial charge in [-0.15, -0.1) is 0 Å². The van der Waals surface area contributed by atoms with E-state index in [-0.39, 0.29) is 34.6 Å². The van der Waals surface area contributed by atoms with Crippen LogP contribution in [0.3, 0.4) is 0 Å². The first-order valence-electron chi connectivity index (χ1n) is 11.2. The minimum atomic E-state index is -0.882. The van der Waals surface area contributed by atoms with Gasteiger partial charge in [-0.1, -0.05) is 41.5 Å². The van der Waals surface area contributed by atoms with Gasteiger partial charge < -0.3 is 20.6 Å². The van der Waals surface area contributed by atoms with Crippen LogP contribution < -0.4 is 10.6 Å². The Morgan fingerprint density at radius 1 is 0.969 bits per heavy atom. The Hall–Kier alpha value is -2.73. The van der Waals surface area contributed by atoms with E-state index in [0.29, 0.717) is 12.2 Å². The number of carboxylic acids is 1. The van der Waals surface area contributed by atoms with Crippen LogP contribution in [0.5, 0.6) is 11.5 Å². The standard InChI is InChI=1S/C26H34N2O4/c1-25(2,3)17-9-13(10-18(23(17)30)26(4,5)6)21-22-16(12-20(28-21)24(31)32)15-11-14(29)7-8-19(15)27-22/h7-11,16,20-22,27-30H,12H2,1-6H3,(H,31,32)/t16-,20-,21-,22-/m0/s1. The van der Waals surface area contributed by atoms with Crippen LogP contribution in [0.25, 0.3) is 0 Å². The Bertz CT molecular complexity index is 1030. The summed E-state index contributed by atoms with van der Waals surface area (Å²) in [7, 11) is 0. The van der Waals surface area contributed by atoms with E-state index in [1.807, 2.05) is 18.2 Å². The van der Waals surface area contributed by atoms with Crippen LogP contribution in [-0.4, -0.2) is 33.4 Å². The monoisotopic (exact) mass is 438 g/mol. The molecule has 6 nitrogen and oxygen atoms in total. The van der Waals surface area contributed by atoms with Crippen molar-refractivity contribution in [3.05, 3.63) is 52.6 Å². The lowest BCUT2D eigenvalue weighted by Crippen LogP contribution is -2.52. The van der Waals surface area contributed by atoms with Crippen LogP contribution >= 0.6 is 0 Å². The molecule has 2 aliphatic heterocycles. The van der Waals surface area contributed by atoms with E-state index in [0.717, 1.165) is 27.9 Å². The first-order valence-corrected chi connectivity index (χ1v) is 11.2. The van der Waals surface area contributed by atoms with Gasteiger partial charge in [0.2, 0.25) is 0 Å². The molecule has 0 unspecified atom stereocenters. The van der Waals surface area contributed by atoms with E-state index in [4.69, 9.17) is 0 Å². The summed E-state index contributed by atoms with van der Waals surface area (Å²) >= 11 is 0. The zero-order valence-corrected chi connectivity index (χ0v) is 19.7. The fraction of sp³-hybridized carbons (Fsp3) is 0.500. The number of aromatic hydroxyl groups is 2. The highest BCUT2D eigenvalue weighted by molar-refractivity contribution is 5.75. The fourth-order valence-corrected chi connectivity index (χ4v) is 5.15. The van der Waals surface area contributed by atoms with Gasteiger partial charge in [-0.05, 0) is 69.8 Å². The molecule has 1 fully saturated rings. The largest absolute Gasteiger partial charge is 0.508 e. The summed E-state index contributed by atoms with van der Waals surface area (Å²) in [5.74, 6) is -0.436. The number of phenols is 2. The number of rotatable bonds is 2. The van der Waals surface area contributed by atoms with Gasteiger partial charge in [-0.2, -0.15) is 0 Å². The molecule has 0 saturated carbocycles. The minimum Gasteiger partial charge on any atom is -0.508 e. The normalized spacial score (nSPS) is 25.1. The van der Waals surface area contributed by atoms with Crippen molar-refractivity contribution in [3.63, 3.8) is 0 Å². The zero-order chi connectivity index (χ0) is 23.6. The fourth-order valence-electron chi connectivity index (χ4n) is 5.15. The van der Waals surface area contributed by atoms with Crippen LogP contribution in [0.4, 0.5) is 5.69 Å². The molecule has 2 heterocycles. The van der Waals surface area contributed by atoms with E-state index in [1.165, 1.54) is 0 Å². The summed E-state index contributed by atoms with van der Waals surface area (Å²) in [4.78, 5) is 12.0. The van der Waals surface area contributed by atoms with E-state index in [2.05, 4.69) is 52.2 Å². The average molecular weight is 439 g/mol. The van der Waals surface area contributed by atoms with Gasteiger partial charge in [0.05, 0.1) is 12.1 Å². The van der Waals surface area contributed by atoms with Crippen molar-refractivity contribution in [3.8, 4) is 11.5 Å². The molecule has 0 bridgehead atoms. The van der Waals surface area contributed by atoms with Crippen molar-refractivity contribution in [2.75, 3.05) is 5.32 Å². The number of piperidine rings is 1. The van der Waals surface area contributed by atoms with Gasteiger partial charge in [0.1, 0.15) is 17.5 Å². The Morgan fingerprint density at radius 3 is 2.09 bits per heavy atom. The van der Waals surface area contributed by atoms with Gasteiger partial charge >= 0.3 is 5.97 Å². The predicted molar refractivity (Wildman–Crippen MR) is 126 cm³/mol. The average Bonchev–Trinajstić information content (AvgIpc) is 3.03. The Morgan fingerprint density at radius 2 is 1.56 bits per heavy atom. The number of hydrogen-bond acceptors (Lipinski definition) is 5. The van der Waals surface area contributed by atoms with Crippen molar-refractivity contribution in [1.82, 2.24) is 5.32 Å². The van der Waals surface area contributed by atoms with Gasteiger partial charge in [0, 0.05) is 11.6 Å². The highest BCUT2D eigenvalue weighted by atomic mass is 16.4. The number of nitrogens with one attached hydrogen (secondary N) is 2. The molecule has 2 aromatic carbocycles. The van der Waals surface area contributed by atoms with Gasteiger partial charge in [0.15, 0.2) is 0 Å². The maximum atomic E-state index is 12.0. The quantitative estimate of drug-likeness (QED) is 0.434. The first kappa shape index (κ1) is 22.5. The molecule has 6 heteroatoms. The second-order valence-corrected chi connectivity index (χ2v) is 11.3. The molecule has 5 N–H and O–H groups in total. The number of anilines is 1. The summed E-state index contributed by atoms with van der Waals surface area (Å²) in [5.41, 5.74) is 3.99. The number of hydrogen-bond donors (Lipinski definition) is 5. The van der Waals surface area contributed by atoms with E-state index in [1.54, 1.807) is 12.1 Å². The zero-order valence-electron chi connectivity index (χ0n) is 19.7. The molecule has 4 atom stereocenters. The summed E-state index contributed by atoms with van der Waals surface area (Å²) in [6, 6.07) is 8.24. The lowest BCUT2D eigenvalue weighted by molar-refractivity contribution is -0.140. The topological polar surface area (TPSA) is 102 Å². The van der Waals surface area contributed by atoms with Crippen LogP contribution in [-0.2, 0) is 15.6 Å². The lowest BCUT2D eigenvalue weighted by atomic mass is 9.74. The molecule has 172 valence electrons. The van der Waals surface area contributed by atoms with Crippen LogP contribution in [0.15, 0.2) is 30.3 Å². The van der Waals surface area contributed by atoms with Crippen LogP contribution in [0.1, 0.15) is 82.2 Å². The maximum absolute atomic E-state index is 12.0. The molecule has 4 rings (SSSR count). The highest BCUT2D eigenvalue weighted by Crippen LogP contribution is 2.49. The number of fused-ring (bicyclic) bond motifs is 3. The molecular weight excluding hydrogens is 404 g/mol. The Balaban J connectivity index is 1.87. The molecule has 0 spiro atoms. The van der Waals surface area contributed by atoms with Crippen molar-refractivity contribution in [1.29, 1.82) is 0 Å². The lowest BCUT2D eigenvalue weighted by Gasteiger charge is -2.40. The maximum Gasteiger partial charge on any atom is 0.320 e. The van der Waals surface area contributed by atoms with Crippen molar-refractivity contribution in [2.24, 2.45) is 0 Å². The van der Waals surface area contributed by atoms with Crippen molar-refractivity contribution < 1.29 is 20.1 Å². The Labute approximate surface area is 189 Å². The third-order valence-corrected chi connectivity index (χ3v) is 6.83. The Kier molecular flexibility index (Phi) is 5.20. The van der Waals surface area contributed by atoms with Crippen molar-refractivity contribution >= 4 is 11.7 Å². The molecule has 0 radical (unpaired) electrons. The molecule has 0 amide bonds. The molecular formula is C26H34N2O4. The van der Waals surface area contributed by atoms with Gasteiger partial charge in [-0.3, -0.25) is 10.1 Å². The predicted octanol–water partition coefficient (Wildman–Crippen LogP) is 4.76. The number of phenolic OH excluding ortho intramolecular Hbond substituents is 2. The van der Waals surface area contributed by atoms with Crippen molar-refractivity contribution in [2.45, 2.75) is 82.8 Å². The molecule has 2 aromatic rings. The molecule has 2 aliphatic rings. The molecule has 32 heavy (non-hydrogen) atoms. The molecule has 0 aliphatic carbocycles. The van der Waals surface area contributed by atoms with Gasteiger partial charge in [0.25, 0.3) is 0 Å². The number of carboxylic acid groups (broad SMARTS) is 1. The minimum absolute atomic E-state index is 0.0468.